The first-order valence-electron chi connectivity index (χ1n) is 10.6. The Balaban J connectivity index is 1.41. The van der Waals surface area contributed by atoms with Crippen LogP contribution in [0.15, 0.2) is 46.9 Å². The highest BCUT2D eigenvalue weighted by Gasteiger charge is 2.31. The van der Waals surface area contributed by atoms with E-state index in [0.29, 0.717) is 11.1 Å². The van der Waals surface area contributed by atoms with Gasteiger partial charge in [-0.15, -0.1) is 16.2 Å². The van der Waals surface area contributed by atoms with Gasteiger partial charge in [-0.25, -0.2) is 18.4 Å². The minimum Gasteiger partial charge on any atom is -0.506 e. The van der Waals surface area contributed by atoms with Crippen molar-refractivity contribution in [2.24, 2.45) is 0 Å². The maximum Gasteiger partial charge on any atom is 0.417 e. The fraction of sp³-hybridized carbons (Fsp3) is 0.238. The van der Waals surface area contributed by atoms with Gasteiger partial charge in [-0.3, -0.25) is 15.0 Å². The third-order valence-corrected chi connectivity index (χ3v) is 7.78. The van der Waals surface area contributed by atoms with Gasteiger partial charge in [0.1, 0.15) is 21.5 Å². The Bertz CT molecular complexity index is 1400. The number of sulfonamides is 1. The summed E-state index contributed by atoms with van der Waals surface area (Å²) in [6.45, 7) is 0.163. The number of thiophene rings is 1. The van der Waals surface area contributed by atoms with Gasteiger partial charge in [-0.2, -0.15) is 13.2 Å². The van der Waals surface area contributed by atoms with Gasteiger partial charge in [0.25, 0.3) is 15.9 Å². The van der Waals surface area contributed by atoms with Gasteiger partial charge in [0.2, 0.25) is 5.91 Å². The van der Waals surface area contributed by atoms with Crippen LogP contribution in [0.3, 0.4) is 0 Å². The normalized spacial score (nSPS) is 11.7. The zero-order valence-corrected chi connectivity index (χ0v) is 21.6. The first-order chi connectivity index (χ1) is 17.8. The second-order valence-corrected chi connectivity index (χ2v) is 11.0. The third kappa shape index (κ3) is 8.27. The van der Waals surface area contributed by atoms with Crippen LogP contribution in [-0.4, -0.2) is 41.9 Å². The van der Waals surface area contributed by atoms with Crippen LogP contribution in [0.5, 0.6) is 5.75 Å². The van der Waals surface area contributed by atoms with Crippen LogP contribution in [0.25, 0.3) is 0 Å². The number of halogens is 4. The van der Waals surface area contributed by atoms with Crippen molar-refractivity contribution in [2.75, 3.05) is 11.9 Å². The molecule has 5 N–H and O–H groups in total. The van der Waals surface area contributed by atoms with E-state index in [-0.39, 0.29) is 52.4 Å². The van der Waals surface area contributed by atoms with Crippen LogP contribution >= 0.6 is 22.9 Å². The summed E-state index contributed by atoms with van der Waals surface area (Å²) in [5, 5.41) is 14.3. The van der Waals surface area contributed by atoms with Crippen molar-refractivity contribution in [1.82, 2.24) is 25.5 Å². The first-order valence-corrected chi connectivity index (χ1v) is 13.3. The summed E-state index contributed by atoms with van der Waals surface area (Å²) in [6.07, 6.45) is -2.74. The van der Waals surface area contributed by atoms with Crippen molar-refractivity contribution >= 4 is 50.6 Å². The Morgan fingerprint density at radius 3 is 2.53 bits per heavy atom. The molecule has 0 aliphatic rings. The van der Waals surface area contributed by atoms with Crippen molar-refractivity contribution < 1.29 is 36.3 Å². The molecule has 0 fully saturated rings. The fourth-order valence-electron chi connectivity index (χ4n) is 2.79. The minimum atomic E-state index is -4.58. The Kier molecular flexibility index (Phi) is 9.48. The van der Waals surface area contributed by atoms with E-state index < -0.39 is 33.6 Å². The van der Waals surface area contributed by atoms with Crippen molar-refractivity contribution in [3.63, 3.8) is 0 Å². The highest BCUT2D eigenvalue weighted by Crippen LogP contribution is 2.32. The van der Waals surface area contributed by atoms with E-state index in [1.807, 2.05) is 4.83 Å². The Morgan fingerprint density at radius 1 is 1.11 bits per heavy atom. The number of amides is 2. The summed E-state index contributed by atoms with van der Waals surface area (Å²) >= 11 is 6.67. The molecule has 0 saturated heterocycles. The van der Waals surface area contributed by atoms with Crippen LogP contribution in [-0.2, 0) is 27.5 Å². The number of hydrogen-bond donors (Lipinski definition) is 5. The SMILES string of the molecule is O=C(CCCNc1ncc(C(F)(F)F)cc1Cl)NNS(=O)(=O)c1ccc(CNC(=O)c2ccc(O)cn2)s1. The number of hydrogen-bond acceptors (Lipinski definition) is 9. The van der Waals surface area contributed by atoms with E-state index in [9.17, 15) is 36.3 Å². The fourth-order valence-corrected chi connectivity index (χ4v) is 5.18. The smallest absolute Gasteiger partial charge is 0.417 e. The first kappa shape index (κ1) is 29.1. The molecule has 0 aromatic carbocycles. The molecule has 3 aromatic heterocycles. The topological polar surface area (TPSA) is 162 Å². The van der Waals surface area contributed by atoms with Gasteiger partial charge >= 0.3 is 6.18 Å². The summed E-state index contributed by atoms with van der Waals surface area (Å²) in [5.74, 6) is -1.23. The molecule has 204 valence electrons. The van der Waals surface area contributed by atoms with Crippen molar-refractivity contribution in [2.45, 2.75) is 29.8 Å². The molecule has 0 spiro atoms. The summed E-state index contributed by atoms with van der Waals surface area (Å²) < 4.78 is 62.8. The van der Waals surface area contributed by atoms with E-state index in [4.69, 9.17) is 11.6 Å². The lowest BCUT2D eigenvalue weighted by atomic mass is 10.2. The van der Waals surface area contributed by atoms with Crippen LogP contribution in [0.1, 0.15) is 33.8 Å². The molecule has 17 heteroatoms. The quantitative estimate of drug-likeness (QED) is 0.168. The summed E-state index contributed by atoms with van der Waals surface area (Å²) in [4.78, 5) is 34.0. The van der Waals surface area contributed by atoms with E-state index in [1.54, 1.807) is 0 Å². The Morgan fingerprint density at radius 2 is 1.87 bits per heavy atom. The predicted molar refractivity (Wildman–Crippen MR) is 132 cm³/mol. The maximum absolute atomic E-state index is 12.7. The molecule has 38 heavy (non-hydrogen) atoms. The highest BCUT2D eigenvalue weighted by molar-refractivity contribution is 7.91. The van der Waals surface area contributed by atoms with Gasteiger partial charge in [-0.05, 0) is 36.8 Å². The molecule has 0 atom stereocenters. The van der Waals surface area contributed by atoms with E-state index in [0.717, 1.165) is 23.6 Å². The number of nitrogens with one attached hydrogen (secondary N) is 4. The molecule has 0 bridgehead atoms. The number of aromatic hydroxyl groups is 1. The molecule has 0 aliphatic heterocycles. The third-order valence-electron chi connectivity index (χ3n) is 4.67. The summed E-state index contributed by atoms with van der Waals surface area (Å²) in [6, 6.07) is 6.18. The Labute approximate surface area is 223 Å². The lowest BCUT2D eigenvalue weighted by Gasteiger charge is -2.11. The zero-order valence-electron chi connectivity index (χ0n) is 19.2. The maximum atomic E-state index is 12.7. The van der Waals surface area contributed by atoms with Gasteiger partial charge in [0, 0.05) is 24.0 Å². The lowest BCUT2D eigenvalue weighted by molar-refractivity contribution is -0.137. The largest absolute Gasteiger partial charge is 0.506 e. The number of alkyl halides is 3. The van der Waals surface area contributed by atoms with Gasteiger partial charge in [0.05, 0.1) is 23.3 Å². The number of nitrogens with zero attached hydrogens (tertiary/aromatic N) is 2. The molecular formula is C21H20ClF3N6O5S2. The van der Waals surface area contributed by atoms with Crippen LogP contribution in [0.2, 0.25) is 5.02 Å². The molecule has 3 rings (SSSR count). The number of aromatic nitrogens is 2. The minimum absolute atomic E-state index is 0.0183. The molecule has 0 saturated carbocycles. The lowest BCUT2D eigenvalue weighted by Crippen LogP contribution is -2.41. The molecule has 0 aliphatic carbocycles. The standard InChI is InChI=1S/C21H20ClF3N6O5S2/c22-15-8-12(21(23,24)25)9-28-19(15)26-7-1-2-17(33)30-31-38(35,36)18-6-4-14(37-18)11-29-20(34)16-5-3-13(32)10-27-16/h3-6,8-10,31-32H,1-2,7,11H2,(H,26,28)(H,29,34)(H,30,33). The summed E-state index contributed by atoms with van der Waals surface area (Å²) in [5.41, 5.74) is 1.16. The molecule has 3 heterocycles. The van der Waals surface area contributed by atoms with E-state index in [2.05, 4.69) is 26.0 Å². The second kappa shape index (κ2) is 12.4. The number of pyridine rings is 2. The molecule has 0 unspecified atom stereocenters. The number of rotatable bonds is 11. The molecule has 3 aromatic rings. The van der Waals surface area contributed by atoms with Crippen molar-refractivity contribution in [1.29, 1.82) is 0 Å². The number of anilines is 1. The Hall–Kier alpha value is -3.47. The van der Waals surface area contributed by atoms with Crippen LogP contribution in [0, 0.1) is 0 Å². The van der Waals surface area contributed by atoms with E-state index in [1.165, 1.54) is 24.3 Å². The zero-order chi connectivity index (χ0) is 27.9. The highest BCUT2D eigenvalue weighted by atomic mass is 35.5. The molecule has 2 amide bonds. The average molecular weight is 593 g/mol. The summed E-state index contributed by atoms with van der Waals surface area (Å²) in [7, 11) is -4.08. The van der Waals surface area contributed by atoms with Gasteiger partial charge < -0.3 is 15.7 Å². The van der Waals surface area contributed by atoms with E-state index >= 15 is 0 Å². The van der Waals surface area contributed by atoms with Gasteiger partial charge in [-0.1, -0.05) is 11.6 Å². The van der Waals surface area contributed by atoms with Crippen LogP contribution < -0.4 is 20.9 Å². The molecular weight excluding hydrogens is 573 g/mol. The number of carbonyl (C=O) groups excluding carboxylic acids is 2. The number of hydrazine groups is 1. The molecule has 11 nitrogen and oxygen atoms in total. The molecule has 0 radical (unpaired) electrons. The van der Waals surface area contributed by atoms with Crippen molar-refractivity contribution in [3.8, 4) is 5.75 Å². The second-order valence-electron chi connectivity index (χ2n) is 7.54. The number of carbonyl (C=O) groups is 2. The van der Waals surface area contributed by atoms with Gasteiger partial charge in [0.15, 0.2) is 0 Å². The van der Waals surface area contributed by atoms with Crippen LogP contribution in [0.4, 0.5) is 19.0 Å². The predicted octanol–water partition coefficient (Wildman–Crippen LogP) is 3.05. The monoisotopic (exact) mass is 592 g/mol. The van der Waals surface area contributed by atoms with Crippen molar-refractivity contribution in [3.05, 3.63) is 63.9 Å². The average Bonchev–Trinajstić information content (AvgIpc) is 3.35.